The van der Waals surface area contributed by atoms with E-state index >= 15 is 0 Å². The third-order valence-electron chi connectivity index (χ3n) is 9.58. The Morgan fingerprint density at radius 1 is 0.524 bits per heavy atom. The van der Waals surface area contributed by atoms with Gasteiger partial charge in [-0.2, -0.15) is 0 Å². The highest BCUT2D eigenvalue weighted by atomic mass is 16.3. The minimum absolute atomic E-state index is 0.0929. The lowest BCUT2D eigenvalue weighted by Gasteiger charge is -2.22. The number of hydrogen-bond acceptors (Lipinski definition) is 2. The van der Waals surface area contributed by atoms with Crippen molar-refractivity contribution in [1.82, 2.24) is 4.57 Å². The molecule has 3 nitrogen and oxygen atoms in total. The normalized spacial score (nSPS) is 14.1. The molecule has 0 bridgehead atoms. The van der Waals surface area contributed by atoms with Crippen molar-refractivity contribution in [2.45, 2.75) is 19.3 Å². The van der Waals surface area contributed by atoms with Gasteiger partial charge in [-0.05, 0) is 52.6 Å². The zero-order chi connectivity index (χ0) is 27.7. The predicted molar refractivity (Wildman–Crippen MR) is 173 cm³/mol. The maximum Gasteiger partial charge on any atom is 0.149 e. The minimum Gasteiger partial charge on any atom is -0.455 e. The molecule has 0 unspecified atom stereocenters. The van der Waals surface area contributed by atoms with Crippen LogP contribution in [0.1, 0.15) is 25.0 Å². The molecule has 0 saturated carbocycles. The van der Waals surface area contributed by atoms with Gasteiger partial charge in [0.15, 0.2) is 0 Å². The van der Waals surface area contributed by atoms with Gasteiger partial charge < -0.3 is 13.4 Å². The van der Waals surface area contributed by atoms with Crippen molar-refractivity contribution in [1.29, 1.82) is 0 Å². The lowest BCUT2D eigenvalue weighted by Crippen LogP contribution is -2.15. The molecule has 3 aromatic heterocycles. The highest BCUT2D eigenvalue weighted by Crippen LogP contribution is 2.51. The van der Waals surface area contributed by atoms with Crippen LogP contribution >= 0.6 is 0 Å². The van der Waals surface area contributed by atoms with Crippen molar-refractivity contribution in [2.75, 3.05) is 0 Å². The fraction of sp³-hybridized carbons (Fsp3) is 0.0769. The Bertz CT molecular complexity index is 2580. The van der Waals surface area contributed by atoms with E-state index < -0.39 is 0 Å². The van der Waals surface area contributed by atoms with Crippen LogP contribution in [0.3, 0.4) is 0 Å². The van der Waals surface area contributed by atoms with Crippen LogP contribution in [0.4, 0.5) is 0 Å². The first-order valence-corrected chi connectivity index (χ1v) is 14.5. The molecule has 0 fully saturated rings. The van der Waals surface area contributed by atoms with Gasteiger partial charge in [-0.3, -0.25) is 0 Å². The molecule has 0 saturated heterocycles. The molecule has 198 valence electrons. The standard InChI is InChI=1S/C39H25NO2/c1-39(2)28-15-7-3-11-23(28)24-20-19-22(21-29(24)39)40-30-16-8-4-12-25(30)33-36(40)34-26-13-5-9-17-31(26)41-38(34)35-27-14-6-10-18-32(27)42-37(33)35/h3-21H,1-2H3. The molecule has 0 amide bonds. The van der Waals surface area contributed by atoms with Crippen LogP contribution < -0.4 is 0 Å². The third-order valence-corrected chi connectivity index (χ3v) is 9.58. The van der Waals surface area contributed by atoms with Crippen molar-refractivity contribution in [3.05, 3.63) is 126 Å². The molecule has 0 spiro atoms. The molecular weight excluding hydrogens is 514 g/mol. The van der Waals surface area contributed by atoms with Crippen molar-refractivity contribution in [3.63, 3.8) is 0 Å². The van der Waals surface area contributed by atoms with Crippen LogP contribution in [-0.4, -0.2) is 4.57 Å². The van der Waals surface area contributed by atoms with Crippen molar-refractivity contribution >= 4 is 65.7 Å². The van der Waals surface area contributed by atoms with Crippen molar-refractivity contribution < 1.29 is 8.83 Å². The fourth-order valence-corrected chi connectivity index (χ4v) is 7.71. The summed E-state index contributed by atoms with van der Waals surface area (Å²) in [6.07, 6.45) is 0. The second kappa shape index (κ2) is 7.51. The fourth-order valence-electron chi connectivity index (χ4n) is 7.71. The molecule has 1 aliphatic rings. The Morgan fingerprint density at radius 3 is 1.86 bits per heavy atom. The van der Waals surface area contributed by atoms with Gasteiger partial charge in [0.1, 0.15) is 22.3 Å². The molecule has 10 rings (SSSR count). The summed E-state index contributed by atoms with van der Waals surface area (Å²) in [6, 6.07) is 41.2. The Balaban J connectivity index is 1.44. The molecule has 3 heteroatoms. The smallest absolute Gasteiger partial charge is 0.149 e. The SMILES string of the molecule is CC1(C)c2ccccc2-c2ccc(-n3c4ccccc4c4c5oc6ccccc6c5c5oc6ccccc6c5c43)cc21. The Hall–Kier alpha value is -5.28. The molecular formula is C39H25NO2. The van der Waals surface area contributed by atoms with E-state index in [1.807, 2.05) is 12.1 Å². The summed E-state index contributed by atoms with van der Waals surface area (Å²) in [5, 5.41) is 6.65. The van der Waals surface area contributed by atoms with E-state index in [0.29, 0.717) is 0 Å². The van der Waals surface area contributed by atoms with E-state index in [9.17, 15) is 0 Å². The number of fused-ring (bicyclic) bond motifs is 15. The van der Waals surface area contributed by atoms with Gasteiger partial charge in [0.25, 0.3) is 0 Å². The number of para-hydroxylation sites is 3. The first-order valence-electron chi connectivity index (χ1n) is 14.5. The summed E-state index contributed by atoms with van der Waals surface area (Å²) in [6.45, 7) is 4.68. The molecule has 0 N–H and O–H groups in total. The van der Waals surface area contributed by atoms with Gasteiger partial charge >= 0.3 is 0 Å². The molecule has 0 aliphatic heterocycles. The second-order valence-corrected chi connectivity index (χ2v) is 12.1. The van der Waals surface area contributed by atoms with Gasteiger partial charge in [-0.1, -0.05) is 98.8 Å². The largest absolute Gasteiger partial charge is 0.455 e. The maximum absolute atomic E-state index is 6.70. The zero-order valence-corrected chi connectivity index (χ0v) is 23.2. The van der Waals surface area contributed by atoms with Crippen LogP contribution in [0.5, 0.6) is 0 Å². The van der Waals surface area contributed by atoms with Crippen molar-refractivity contribution in [2.24, 2.45) is 0 Å². The van der Waals surface area contributed by atoms with Gasteiger partial charge in [0, 0.05) is 27.3 Å². The molecule has 0 radical (unpaired) electrons. The highest BCUT2D eigenvalue weighted by Gasteiger charge is 2.36. The van der Waals surface area contributed by atoms with Gasteiger partial charge in [0.05, 0.1) is 27.2 Å². The van der Waals surface area contributed by atoms with E-state index in [1.54, 1.807) is 0 Å². The van der Waals surface area contributed by atoms with Crippen LogP contribution in [0.2, 0.25) is 0 Å². The lowest BCUT2D eigenvalue weighted by atomic mass is 9.82. The van der Waals surface area contributed by atoms with E-state index in [-0.39, 0.29) is 5.41 Å². The van der Waals surface area contributed by atoms with Crippen LogP contribution in [-0.2, 0) is 5.41 Å². The summed E-state index contributed by atoms with van der Waals surface area (Å²) >= 11 is 0. The van der Waals surface area contributed by atoms with E-state index in [1.165, 1.54) is 27.6 Å². The summed E-state index contributed by atoms with van der Waals surface area (Å²) in [4.78, 5) is 0. The van der Waals surface area contributed by atoms with Gasteiger partial charge in [0.2, 0.25) is 0 Å². The predicted octanol–water partition coefficient (Wildman–Crippen LogP) is 10.9. The summed E-state index contributed by atoms with van der Waals surface area (Å²) in [5.41, 5.74) is 12.2. The zero-order valence-electron chi connectivity index (χ0n) is 23.2. The number of nitrogens with zero attached hydrogens (tertiary/aromatic N) is 1. The molecule has 1 aliphatic carbocycles. The summed E-state index contributed by atoms with van der Waals surface area (Å²) in [7, 11) is 0. The summed E-state index contributed by atoms with van der Waals surface area (Å²) in [5.74, 6) is 0. The van der Waals surface area contributed by atoms with Crippen LogP contribution in [0.15, 0.2) is 124 Å². The number of rotatable bonds is 1. The molecule has 42 heavy (non-hydrogen) atoms. The van der Waals surface area contributed by atoms with Crippen LogP contribution in [0, 0.1) is 0 Å². The molecule has 6 aromatic carbocycles. The number of aromatic nitrogens is 1. The first-order chi connectivity index (χ1) is 20.6. The third kappa shape index (κ3) is 2.58. The van der Waals surface area contributed by atoms with E-state index in [2.05, 4.69) is 122 Å². The quantitative estimate of drug-likeness (QED) is 0.208. The van der Waals surface area contributed by atoms with E-state index in [4.69, 9.17) is 8.83 Å². The van der Waals surface area contributed by atoms with Crippen LogP contribution in [0.25, 0.3) is 82.5 Å². The van der Waals surface area contributed by atoms with Gasteiger partial charge in [-0.25, -0.2) is 0 Å². The molecule has 3 heterocycles. The van der Waals surface area contributed by atoms with Gasteiger partial charge in [-0.15, -0.1) is 0 Å². The topological polar surface area (TPSA) is 31.2 Å². The average molecular weight is 540 g/mol. The lowest BCUT2D eigenvalue weighted by molar-refractivity contribution is 0.660. The second-order valence-electron chi connectivity index (χ2n) is 12.1. The Labute approximate surface area is 241 Å². The highest BCUT2D eigenvalue weighted by molar-refractivity contribution is 6.37. The minimum atomic E-state index is -0.0929. The average Bonchev–Trinajstić information content (AvgIpc) is 3.74. The Kier molecular flexibility index (Phi) is 4.01. The number of furan rings is 2. The number of hydrogen-bond donors (Lipinski definition) is 0. The molecule has 9 aromatic rings. The van der Waals surface area contributed by atoms with Crippen molar-refractivity contribution in [3.8, 4) is 16.8 Å². The maximum atomic E-state index is 6.70. The monoisotopic (exact) mass is 539 g/mol. The molecule has 0 atom stereocenters. The number of benzene rings is 6. The first kappa shape index (κ1) is 22.4. The van der Waals surface area contributed by atoms with E-state index in [0.717, 1.165) is 66.0 Å². The Morgan fingerprint density at radius 2 is 1.10 bits per heavy atom. The summed E-state index contributed by atoms with van der Waals surface area (Å²) < 4.78 is 15.8.